The van der Waals surface area contributed by atoms with Gasteiger partial charge in [-0.1, -0.05) is 23.7 Å². The standard InChI is InChI=1S/C13H18ClNO3/c1-2-18-13(17)7-12(16)9-15-8-10-3-5-11(14)6-4-10/h3-6,12,15-16H,2,7-9H2,1H3. The first-order valence-corrected chi connectivity index (χ1v) is 6.28. The van der Waals surface area contributed by atoms with Crippen LogP contribution in [0.25, 0.3) is 0 Å². The van der Waals surface area contributed by atoms with Crippen molar-refractivity contribution in [1.82, 2.24) is 5.32 Å². The van der Waals surface area contributed by atoms with Crippen molar-refractivity contribution >= 4 is 17.6 Å². The van der Waals surface area contributed by atoms with Gasteiger partial charge in [0, 0.05) is 18.1 Å². The third kappa shape index (κ3) is 6.00. The van der Waals surface area contributed by atoms with Gasteiger partial charge in [0.1, 0.15) is 0 Å². The van der Waals surface area contributed by atoms with Crippen LogP contribution in [0.4, 0.5) is 0 Å². The number of ether oxygens (including phenoxy) is 1. The molecule has 0 saturated carbocycles. The normalized spacial score (nSPS) is 12.2. The van der Waals surface area contributed by atoms with Gasteiger partial charge in [0.25, 0.3) is 0 Å². The second-order valence-corrected chi connectivity index (χ2v) is 4.36. The first kappa shape index (κ1) is 15.0. The van der Waals surface area contributed by atoms with Crippen LogP contribution in [-0.2, 0) is 16.1 Å². The third-order valence-corrected chi connectivity index (χ3v) is 2.58. The average Bonchev–Trinajstić information content (AvgIpc) is 2.32. The number of rotatable bonds is 7. The molecule has 0 radical (unpaired) electrons. The molecule has 1 unspecified atom stereocenters. The fraction of sp³-hybridized carbons (Fsp3) is 0.462. The predicted molar refractivity (Wildman–Crippen MR) is 70.4 cm³/mol. The Bertz CT molecular complexity index is 367. The average molecular weight is 272 g/mol. The molecule has 5 heteroatoms. The van der Waals surface area contributed by atoms with Gasteiger partial charge in [0.2, 0.25) is 0 Å². The molecule has 0 aliphatic heterocycles. The van der Waals surface area contributed by atoms with Crippen LogP contribution in [0, 0.1) is 0 Å². The summed E-state index contributed by atoms with van der Waals surface area (Å²) in [7, 11) is 0. The minimum Gasteiger partial charge on any atom is -0.466 e. The molecule has 1 aromatic carbocycles. The van der Waals surface area contributed by atoms with Crippen molar-refractivity contribution in [2.75, 3.05) is 13.2 Å². The summed E-state index contributed by atoms with van der Waals surface area (Å²) in [4.78, 5) is 11.1. The van der Waals surface area contributed by atoms with Crippen LogP contribution >= 0.6 is 11.6 Å². The van der Waals surface area contributed by atoms with E-state index in [1.54, 1.807) is 6.92 Å². The SMILES string of the molecule is CCOC(=O)CC(O)CNCc1ccc(Cl)cc1. The molecule has 2 N–H and O–H groups in total. The lowest BCUT2D eigenvalue weighted by Gasteiger charge is -2.11. The largest absolute Gasteiger partial charge is 0.466 e. The maximum Gasteiger partial charge on any atom is 0.308 e. The summed E-state index contributed by atoms with van der Waals surface area (Å²) in [6.07, 6.45) is -0.710. The van der Waals surface area contributed by atoms with Crippen LogP contribution in [0.3, 0.4) is 0 Å². The number of benzene rings is 1. The van der Waals surface area contributed by atoms with Crippen LogP contribution < -0.4 is 5.32 Å². The molecular weight excluding hydrogens is 254 g/mol. The van der Waals surface area contributed by atoms with E-state index in [9.17, 15) is 9.90 Å². The molecule has 4 nitrogen and oxygen atoms in total. The zero-order valence-corrected chi connectivity index (χ0v) is 11.1. The second-order valence-electron chi connectivity index (χ2n) is 3.92. The van der Waals surface area contributed by atoms with Gasteiger partial charge in [-0.25, -0.2) is 0 Å². The fourth-order valence-corrected chi connectivity index (χ4v) is 1.60. The van der Waals surface area contributed by atoms with Crippen molar-refractivity contribution in [2.24, 2.45) is 0 Å². The van der Waals surface area contributed by atoms with Crippen molar-refractivity contribution in [3.63, 3.8) is 0 Å². The van der Waals surface area contributed by atoms with Gasteiger partial charge in [-0.3, -0.25) is 4.79 Å². The van der Waals surface area contributed by atoms with E-state index in [-0.39, 0.29) is 12.4 Å². The second kappa shape index (κ2) is 8.08. The van der Waals surface area contributed by atoms with Crippen molar-refractivity contribution in [3.05, 3.63) is 34.9 Å². The first-order chi connectivity index (χ1) is 8.61. The Balaban J connectivity index is 2.21. The molecule has 1 atom stereocenters. The van der Waals surface area contributed by atoms with Crippen molar-refractivity contribution in [2.45, 2.75) is 26.0 Å². The summed E-state index contributed by atoms with van der Waals surface area (Å²) in [6.45, 7) is 3.05. The number of halogens is 1. The highest BCUT2D eigenvalue weighted by atomic mass is 35.5. The number of hydrogen-bond acceptors (Lipinski definition) is 4. The molecule has 0 heterocycles. The van der Waals surface area contributed by atoms with E-state index in [4.69, 9.17) is 16.3 Å². The van der Waals surface area contributed by atoms with E-state index in [1.807, 2.05) is 24.3 Å². The molecular formula is C13H18ClNO3. The number of aliphatic hydroxyl groups excluding tert-OH is 1. The van der Waals surface area contributed by atoms with E-state index in [0.717, 1.165) is 5.56 Å². The molecule has 100 valence electrons. The first-order valence-electron chi connectivity index (χ1n) is 5.90. The lowest BCUT2D eigenvalue weighted by molar-refractivity contribution is -0.145. The maximum absolute atomic E-state index is 11.1. The van der Waals surface area contributed by atoms with Crippen LogP contribution in [-0.4, -0.2) is 30.3 Å². The monoisotopic (exact) mass is 271 g/mol. The van der Waals surface area contributed by atoms with Crippen LogP contribution in [0.1, 0.15) is 18.9 Å². The van der Waals surface area contributed by atoms with Crippen molar-refractivity contribution in [3.8, 4) is 0 Å². The molecule has 0 aromatic heterocycles. The van der Waals surface area contributed by atoms with E-state index >= 15 is 0 Å². The van der Waals surface area contributed by atoms with E-state index < -0.39 is 6.10 Å². The molecule has 0 aliphatic rings. The molecule has 1 rings (SSSR count). The lowest BCUT2D eigenvalue weighted by atomic mass is 10.2. The smallest absolute Gasteiger partial charge is 0.308 e. The number of carbonyl (C=O) groups excluding carboxylic acids is 1. The predicted octanol–water partition coefficient (Wildman–Crippen LogP) is 1.74. The number of hydrogen-bond donors (Lipinski definition) is 2. The van der Waals surface area contributed by atoms with E-state index in [0.29, 0.717) is 24.7 Å². The van der Waals surface area contributed by atoms with Crippen LogP contribution in [0.2, 0.25) is 5.02 Å². The highest BCUT2D eigenvalue weighted by Crippen LogP contribution is 2.09. The summed E-state index contributed by atoms with van der Waals surface area (Å²) < 4.78 is 4.75. The van der Waals surface area contributed by atoms with Gasteiger partial charge < -0.3 is 15.2 Å². The maximum atomic E-state index is 11.1. The molecule has 0 saturated heterocycles. The molecule has 0 aliphatic carbocycles. The van der Waals surface area contributed by atoms with Gasteiger partial charge in [0.15, 0.2) is 0 Å². The van der Waals surface area contributed by atoms with Gasteiger partial charge in [-0.05, 0) is 24.6 Å². The number of esters is 1. The quantitative estimate of drug-likeness (QED) is 0.742. The van der Waals surface area contributed by atoms with Crippen LogP contribution in [0.15, 0.2) is 24.3 Å². The highest BCUT2D eigenvalue weighted by Gasteiger charge is 2.10. The van der Waals surface area contributed by atoms with E-state index in [1.165, 1.54) is 0 Å². The summed E-state index contributed by atoms with van der Waals surface area (Å²) in [5, 5.41) is 13.3. The van der Waals surface area contributed by atoms with Crippen molar-refractivity contribution in [1.29, 1.82) is 0 Å². The van der Waals surface area contributed by atoms with Crippen LogP contribution in [0.5, 0.6) is 0 Å². The van der Waals surface area contributed by atoms with E-state index in [2.05, 4.69) is 5.32 Å². The van der Waals surface area contributed by atoms with Gasteiger partial charge in [-0.15, -0.1) is 0 Å². The van der Waals surface area contributed by atoms with Gasteiger partial charge in [0.05, 0.1) is 19.1 Å². The zero-order valence-electron chi connectivity index (χ0n) is 10.4. The lowest BCUT2D eigenvalue weighted by Crippen LogP contribution is -2.29. The molecule has 0 amide bonds. The molecule has 0 fully saturated rings. The summed E-state index contributed by atoms with van der Waals surface area (Å²) in [5.74, 6) is -0.377. The Hall–Kier alpha value is -1.10. The Morgan fingerprint density at radius 3 is 2.72 bits per heavy atom. The molecule has 18 heavy (non-hydrogen) atoms. The number of carbonyl (C=O) groups is 1. The topological polar surface area (TPSA) is 58.6 Å². The number of nitrogens with one attached hydrogen (secondary N) is 1. The zero-order chi connectivity index (χ0) is 13.4. The Morgan fingerprint density at radius 2 is 2.11 bits per heavy atom. The fourth-order valence-electron chi connectivity index (χ4n) is 1.47. The molecule has 0 bridgehead atoms. The van der Waals surface area contributed by atoms with Gasteiger partial charge >= 0.3 is 5.97 Å². The minimum atomic E-state index is -0.726. The Kier molecular flexibility index (Phi) is 6.72. The summed E-state index contributed by atoms with van der Waals surface area (Å²) >= 11 is 5.77. The Morgan fingerprint density at radius 1 is 1.44 bits per heavy atom. The molecule has 1 aromatic rings. The third-order valence-electron chi connectivity index (χ3n) is 2.33. The number of aliphatic hydroxyl groups is 1. The summed E-state index contributed by atoms with van der Waals surface area (Å²) in [5.41, 5.74) is 1.07. The Labute approximate surface area is 112 Å². The van der Waals surface area contributed by atoms with Gasteiger partial charge in [-0.2, -0.15) is 0 Å². The van der Waals surface area contributed by atoms with Crippen molar-refractivity contribution < 1.29 is 14.6 Å². The molecule has 0 spiro atoms. The highest BCUT2D eigenvalue weighted by molar-refractivity contribution is 6.30. The minimum absolute atomic E-state index is 0.0153. The summed E-state index contributed by atoms with van der Waals surface area (Å²) in [6, 6.07) is 7.45.